The Kier molecular flexibility index (Phi) is 5.65. The number of amides is 1. The van der Waals surface area contributed by atoms with Gasteiger partial charge in [0.05, 0.1) is 17.0 Å². The van der Waals surface area contributed by atoms with Gasteiger partial charge in [-0.3, -0.25) is 14.2 Å². The van der Waals surface area contributed by atoms with E-state index in [2.05, 4.69) is 10.3 Å². The van der Waals surface area contributed by atoms with Gasteiger partial charge in [-0.15, -0.1) is 11.3 Å². The van der Waals surface area contributed by atoms with Gasteiger partial charge in [0, 0.05) is 24.1 Å². The third-order valence-corrected chi connectivity index (χ3v) is 6.36. The number of hydrogen-bond donors (Lipinski definition) is 1. The number of fused-ring (bicyclic) bond motifs is 1. The molecule has 0 aliphatic carbocycles. The predicted octanol–water partition coefficient (Wildman–Crippen LogP) is 4.67. The second-order valence-electron chi connectivity index (χ2n) is 6.41. The number of aromatic nitrogens is 2. The zero-order valence-corrected chi connectivity index (χ0v) is 17.3. The van der Waals surface area contributed by atoms with Gasteiger partial charge in [-0.05, 0) is 17.7 Å². The molecule has 1 amide bonds. The monoisotopic (exact) mass is 443 g/mol. The van der Waals surface area contributed by atoms with Gasteiger partial charge in [0.25, 0.3) is 5.56 Å². The van der Waals surface area contributed by atoms with E-state index < -0.39 is 17.5 Å². The summed E-state index contributed by atoms with van der Waals surface area (Å²) >= 11 is 2.37. The largest absolute Gasteiger partial charge is 0.323 e. The van der Waals surface area contributed by atoms with Crippen LogP contribution in [-0.4, -0.2) is 21.2 Å². The SMILES string of the molecule is Cn1c(SCC(=O)Nc2cc(F)ccc2F)nc2c(-c3ccccc3)csc2c1=O. The van der Waals surface area contributed by atoms with E-state index in [0.29, 0.717) is 15.4 Å². The second kappa shape index (κ2) is 8.37. The molecule has 4 rings (SSSR count). The molecule has 5 nitrogen and oxygen atoms in total. The van der Waals surface area contributed by atoms with Gasteiger partial charge in [0.1, 0.15) is 16.3 Å². The maximum absolute atomic E-state index is 13.7. The fourth-order valence-corrected chi connectivity index (χ4v) is 4.64. The Balaban J connectivity index is 1.59. The Morgan fingerprint density at radius 2 is 1.97 bits per heavy atom. The quantitative estimate of drug-likeness (QED) is 0.360. The lowest BCUT2D eigenvalue weighted by Crippen LogP contribution is -2.21. The van der Waals surface area contributed by atoms with E-state index in [1.807, 2.05) is 35.7 Å². The summed E-state index contributed by atoms with van der Waals surface area (Å²) in [7, 11) is 1.59. The average Bonchev–Trinajstić information content (AvgIpc) is 3.17. The summed E-state index contributed by atoms with van der Waals surface area (Å²) in [5.41, 5.74) is 1.93. The van der Waals surface area contributed by atoms with Crippen molar-refractivity contribution in [2.24, 2.45) is 7.05 Å². The van der Waals surface area contributed by atoms with Crippen LogP contribution in [0.3, 0.4) is 0 Å². The molecule has 0 saturated heterocycles. The standard InChI is InChI=1S/C21H15F2N3O2S2/c1-26-20(28)19-18(14(10-29-19)12-5-3-2-4-6-12)25-21(26)30-11-17(27)24-16-9-13(22)7-8-15(16)23/h2-10H,11H2,1H3,(H,24,27). The van der Waals surface area contributed by atoms with Crippen molar-refractivity contribution in [3.05, 3.63) is 75.9 Å². The first-order valence-electron chi connectivity index (χ1n) is 8.85. The number of anilines is 1. The summed E-state index contributed by atoms with van der Waals surface area (Å²) in [6.45, 7) is 0. The first-order chi connectivity index (χ1) is 14.4. The molecule has 2 heterocycles. The topological polar surface area (TPSA) is 64.0 Å². The van der Waals surface area contributed by atoms with Crippen molar-refractivity contribution in [1.82, 2.24) is 9.55 Å². The van der Waals surface area contributed by atoms with Crippen LogP contribution in [0.25, 0.3) is 21.3 Å². The van der Waals surface area contributed by atoms with E-state index in [9.17, 15) is 18.4 Å². The van der Waals surface area contributed by atoms with Gasteiger partial charge < -0.3 is 5.32 Å². The molecule has 0 saturated carbocycles. The lowest BCUT2D eigenvalue weighted by atomic mass is 10.1. The summed E-state index contributed by atoms with van der Waals surface area (Å²) in [6.07, 6.45) is 0. The molecular formula is C21H15F2N3O2S2. The van der Waals surface area contributed by atoms with Crippen LogP contribution >= 0.6 is 23.1 Å². The summed E-state index contributed by atoms with van der Waals surface area (Å²) < 4.78 is 28.9. The third kappa shape index (κ3) is 3.99. The summed E-state index contributed by atoms with van der Waals surface area (Å²) in [6, 6.07) is 12.4. The van der Waals surface area contributed by atoms with Crippen LogP contribution in [0, 0.1) is 11.6 Å². The number of nitrogens with zero attached hydrogens (tertiary/aromatic N) is 2. The lowest BCUT2D eigenvalue weighted by molar-refractivity contribution is -0.113. The zero-order valence-electron chi connectivity index (χ0n) is 15.7. The van der Waals surface area contributed by atoms with Crippen molar-refractivity contribution in [3.63, 3.8) is 0 Å². The molecule has 0 aliphatic heterocycles. The van der Waals surface area contributed by atoms with E-state index in [1.54, 1.807) is 7.05 Å². The highest BCUT2D eigenvalue weighted by Gasteiger charge is 2.16. The summed E-state index contributed by atoms with van der Waals surface area (Å²) in [5, 5.41) is 4.59. The molecule has 30 heavy (non-hydrogen) atoms. The van der Waals surface area contributed by atoms with Crippen LogP contribution in [-0.2, 0) is 11.8 Å². The molecule has 4 aromatic rings. The van der Waals surface area contributed by atoms with Crippen molar-refractivity contribution in [2.75, 3.05) is 11.1 Å². The number of carbonyl (C=O) groups excluding carboxylic acids is 1. The van der Waals surface area contributed by atoms with E-state index in [1.165, 1.54) is 15.9 Å². The van der Waals surface area contributed by atoms with Gasteiger partial charge in [-0.25, -0.2) is 13.8 Å². The van der Waals surface area contributed by atoms with E-state index >= 15 is 0 Å². The van der Waals surface area contributed by atoms with Crippen molar-refractivity contribution in [3.8, 4) is 11.1 Å². The number of thioether (sulfide) groups is 1. The van der Waals surface area contributed by atoms with Crippen LogP contribution in [0.4, 0.5) is 14.5 Å². The van der Waals surface area contributed by atoms with E-state index in [4.69, 9.17) is 0 Å². The number of halogens is 2. The maximum atomic E-state index is 13.7. The van der Waals surface area contributed by atoms with Crippen molar-refractivity contribution < 1.29 is 13.6 Å². The number of benzene rings is 2. The predicted molar refractivity (Wildman–Crippen MR) is 116 cm³/mol. The number of thiophene rings is 1. The fourth-order valence-electron chi connectivity index (χ4n) is 2.89. The number of carbonyl (C=O) groups is 1. The van der Waals surface area contributed by atoms with Gasteiger partial charge in [-0.1, -0.05) is 42.1 Å². The molecule has 0 radical (unpaired) electrons. The average molecular weight is 444 g/mol. The van der Waals surface area contributed by atoms with Gasteiger partial charge in [0.15, 0.2) is 5.16 Å². The lowest BCUT2D eigenvalue weighted by Gasteiger charge is -2.09. The Bertz CT molecular complexity index is 1300. The summed E-state index contributed by atoms with van der Waals surface area (Å²) in [5.74, 6) is -2.04. The highest BCUT2D eigenvalue weighted by molar-refractivity contribution is 7.99. The van der Waals surface area contributed by atoms with Crippen LogP contribution < -0.4 is 10.9 Å². The van der Waals surface area contributed by atoms with Crippen molar-refractivity contribution >= 4 is 44.9 Å². The molecule has 0 bridgehead atoms. The second-order valence-corrected chi connectivity index (χ2v) is 8.23. The van der Waals surface area contributed by atoms with Gasteiger partial charge in [0.2, 0.25) is 5.91 Å². The van der Waals surface area contributed by atoms with Crippen LogP contribution in [0.2, 0.25) is 0 Å². The molecule has 152 valence electrons. The van der Waals surface area contributed by atoms with Crippen LogP contribution in [0.5, 0.6) is 0 Å². The molecule has 0 fully saturated rings. The minimum Gasteiger partial charge on any atom is -0.323 e. The Hall–Kier alpha value is -3.04. The first kappa shape index (κ1) is 20.2. The molecule has 2 aromatic heterocycles. The molecule has 0 atom stereocenters. The number of nitrogens with one attached hydrogen (secondary N) is 1. The minimum absolute atomic E-state index is 0.119. The zero-order chi connectivity index (χ0) is 21.3. The Morgan fingerprint density at radius 3 is 2.73 bits per heavy atom. The van der Waals surface area contributed by atoms with E-state index in [-0.39, 0.29) is 17.0 Å². The molecule has 2 aromatic carbocycles. The minimum atomic E-state index is -0.729. The van der Waals surface area contributed by atoms with Crippen molar-refractivity contribution in [2.45, 2.75) is 5.16 Å². The summed E-state index contributed by atoms with van der Waals surface area (Å²) in [4.78, 5) is 29.6. The Morgan fingerprint density at radius 1 is 1.20 bits per heavy atom. The maximum Gasteiger partial charge on any atom is 0.271 e. The third-order valence-electron chi connectivity index (χ3n) is 4.38. The smallest absolute Gasteiger partial charge is 0.271 e. The van der Waals surface area contributed by atoms with Crippen molar-refractivity contribution in [1.29, 1.82) is 0 Å². The first-order valence-corrected chi connectivity index (χ1v) is 10.7. The van der Waals surface area contributed by atoms with Gasteiger partial charge >= 0.3 is 0 Å². The number of hydrogen-bond acceptors (Lipinski definition) is 5. The number of rotatable bonds is 5. The molecular weight excluding hydrogens is 428 g/mol. The van der Waals surface area contributed by atoms with Crippen LogP contribution in [0.15, 0.2) is 63.9 Å². The molecule has 0 unspecified atom stereocenters. The van der Waals surface area contributed by atoms with Crippen LogP contribution in [0.1, 0.15) is 0 Å². The molecule has 0 aliphatic rings. The van der Waals surface area contributed by atoms with E-state index in [0.717, 1.165) is 41.1 Å². The molecule has 0 spiro atoms. The highest BCUT2D eigenvalue weighted by Crippen LogP contribution is 2.32. The fraction of sp³-hybridized carbons (Fsp3) is 0.0952. The molecule has 1 N–H and O–H groups in total. The highest BCUT2D eigenvalue weighted by atomic mass is 32.2. The van der Waals surface area contributed by atoms with Gasteiger partial charge in [-0.2, -0.15) is 0 Å². The molecule has 9 heteroatoms. The Labute approximate surface area is 178 Å². The normalized spacial score (nSPS) is 11.0.